The van der Waals surface area contributed by atoms with Gasteiger partial charge in [0.1, 0.15) is 0 Å². The number of carbonyl (C=O) groups is 2. The lowest BCUT2D eigenvalue weighted by Crippen LogP contribution is -2.60. The molecule has 0 aromatic heterocycles. The quantitative estimate of drug-likeness (QED) is 0.794. The van der Waals surface area contributed by atoms with Gasteiger partial charge in [-0.1, -0.05) is 30.1 Å². The van der Waals surface area contributed by atoms with Crippen molar-refractivity contribution in [1.29, 1.82) is 0 Å². The third-order valence-electron chi connectivity index (χ3n) is 5.05. The van der Waals surface area contributed by atoms with Crippen LogP contribution in [0.25, 0.3) is 0 Å². The molecule has 2 N–H and O–H groups in total. The van der Waals surface area contributed by atoms with E-state index in [4.69, 9.17) is 23.2 Å². The second-order valence-electron chi connectivity index (χ2n) is 6.77. The molecule has 0 spiro atoms. The van der Waals surface area contributed by atoms with Crippen molar-refractivity contribution in [3.8, 4) is 0 Å². The van der Waals surface area contributed by atoms with Gasteiger partial charge >= 0.3 is 6.03 Å². The Kier molecular flexibility index (Phi) is 6.81. The smallest absolute Gasteiger partial charge is 0.321 e. The Balaban J connectivity index is 1.49. The van der Waals surface area contributed by atoms with Crippen LogP contribution in [0.2, 0.25) is 10.0 Å². The summed E-state index contributed by atoms with van der Waals surface area (Å²) in [4.78, 5) is 31.0. The van der Waals surface area contributed by atoms with Crippen molar-refractivity contribution in [1.82, 2.24) is 20.0 Å². The fraction of sp³-hybridized carbons (Fsp3) is 0.556. The molecule has 1 atom stereocenters. The molecule has 1 unspecified atom stereocenters. The van der Waals surface area contributed by atoms with Gasteiger partial charge in [-0.15, -0.1) is 0 Å². The van der Waals surface area contributed by atoms with Crippen LogP contribution >= 0.6 is 23.2 Å². The second kappa shape index (κ2) is 9.10. The van der Waals surface area contributed by atoms with Gasteiger partial charge in [0.25, 0.3) is 0 Å². The summed E-state index contributed by atoms with van der Waals surface area (Å²) in [6.45, 7) is 7.70. The molecule has 3 amide bonds. The summed E-state index contributed by atoms with van der Waals surface area (Å²) < 4.78 is 0. The van der Waals surface area contributed by atoms with E-state index in [0.717, 1.165) is 26.2 Å². The zero-order chi connectivity index (χ0) is 19.4. The van der Waals surface area contributed by atoms with Gasteiger partial charge in [0.05, 0.1) is 16.1 Å². The van der Waals surface area contributed by atoms with Crippen molar-refractivity contribution in [3.63, 3.8) is 0 Å². The summed E-state index contributed by atoms with van der Waals surface area (Å²) >= 11 is 11.9. The van der Waals surface area contributed by atoms with Gasteiger partial charge in [-0.25, -0.2) is 4.79 Å². The average Bonchev–Trinajstić information content (AvgIpc) is 2.70. The standard InChI is InChI=1S/C18H25Cl2N5O2/c1-2-23-6-5-21-16(12-23)17(26)24-7-9-25(10-8-24)18(27)22-13-3-4-14(19)15(20)11-13/h3-4,11,16,21H,2,5-10,12H2,1H3,(H,22,27). The molecular weight excluding hydrogens is 389 g/mol. The van der Waals surface area contributed by atoms with E-state index in [2.05, 4.69) is 22.5 Å². The lowest BCUT2D eigenvalue weighted by atomic mass is 10.1. The van der Waals surface area contributed by atoms with Gasteiger partial charge in [-0.3, -0.25) is 4.79 Å². The maximum absolute atomic E-state index is 12.7. The van der Waals surface area contributed by atoms with E-state index in [0.29, 0.717) is 41.9 Å². The van der Waals surface area contributed by atoms with Gasteiger partial charge in [0.2, 0.25) is 5.91 Å². The fourth-order valence-electron chi connectivity index (χ4n) is 3.39. The Morgan fingerprint density at radius 2 is 1.81 bits per heavy atom. The Bertz CT molecular complexity index is 694. The second-order valence-corrected chi connectivity index (χ2v) is 7.59. The molecule has 1 aromatic carbocycles. The normalized spacial score (nSPS) is 21.2. The monoisotopic (exact) mass is 413 g/mol. The van der Waals surface area contributed by atoms with E-state index in [1.165, 1.54) is 0 Å². The number of nitrogens with zero attached hydrogens (tertiary/aromatic N) is 3. The maximum atomic E-state index is 12.7. The minimum Gasteiger partial charge on any atom is -0.338 e. The van der Waals surface area contributed by atoms with Crippen molar-refractivity contribution in [2.75, 3.05) is 57.7 Å². The highest BCUT2D eigenvalue weighted by Gasteiger charge is 2.31. The van der Waals surface area contributed by atoms with Crippen molar-refractivity contribution in [2.24, 2.45) is 0 Å². The number of urea groups is 1. The SMILES string of the molecule is CCN1CCNC(C(=O)N2CCN(C(=O)Nc3ccc(Cl)c(Cl)c3)CC2)C1. The Morgan fingerprint density at radius 3 is 2.48 bits per heavy atom. The highest BCUT2D eigenvalue weighted by molar-refractivity contribution is 6.42. The summed E-state index contributed by atoms with van der Waals surface area (Å²) in [5.74, 6) is 0.123. The number of likely N-dealkylation sites (N-methyl/N-ethyl adjacent to an activating group) is 1. The van der Waals surface area contributed by atoms with E-state index in [1.807, 2.05) is 4.90 Å². The van der Waals surface area contributed by atoms with Crippen LogP contribution in [0.3, 0.4) is 0 Å². The van der Waals surface area contributed by atoms with E-state index in [1.54, 1.807) is 23.1 Å². The van der Waals surface area contributed by atoms with Crippen molar-refractivity contribution >= 4 is 40.8 Å². The fourth-order valence-corrected chi connectivity index (χ4v) is 3.69. The van der Waals surface area contributed by atoms with Gasteiger partial charge in [0.15, 0.2) is 0 Å². The summed E-state index contributed by atoms with van der Waals surface area (Å²) in [6.07, 6.45) is 0. The first-order valence-electron chi connectivity index (χ1n) is 9.23. The molecule has 1 aromatic rings. The maximum Gasteiger partial charge on any atom is 0.321 e. The predicted molar refractivity (Wildman–Crippen MR) is 108 cm³/mol. The molecular formula is C18H25Cl2N5O2. The molecule has 148 valence electrons. The lowest BCUT2D eigenvalue weighted by Gasteiger charge is -2.39. The minimum atomic E-state index is -0.201. The molecule has 2 heterocycles. The minimum absolute atomic E-state index is 0.123. The predicted octanol–water partition coefficient (Wildman–Crippen LogP) is 1.96. The van der Waals surface area contributed by atoms with Crippen LogP contribution in [-0.2, 0) is 4.79 Å². The molecule has 2 aliphatic rings. The largest absolute Gasteiger partial charge is 0.338 e. The third kappa shape index (κ3) is 5.04. The summed E-state index contributed by atoms with van der Waals surface area (Å²) in [7, 11) is 0. The summed E-state index contributed by atoms with van der Waals surface area (Å²) in [5.41, 5.74) is 0.596. The first-order valence-corrected chi connectivity index (χ1v) is 9.99. The van der Waals surface area contributed by atoms with Crippen LogP contribution < -0.4 is 10.6 Å². The average molecular weight is 414 g/mol. The van der Waals surface area contributed by atoms with Crippen LogP contribution in [0.15, 0.2) is 18.2 Å². The highest BCUT2D eigenvalue weighted by Crippen LogP contribution is 2.25. The number of benzene rings is 1. The van der Waals surface area contributed by atoms with Gasteiger partial charge in [-0.05, 0) is 24.7 Å². The number of nitrogens with one attached hydrogen (secondary N) is 2. The molecule has 0 radical (unpaired) electrons. The first-order chi connectivity index (χ1) is 13.0. The van der Waals surface area contributed by atoms with Gasteiger partial charge < -0.3 is 25.3 Å². The zero-order valence-electron chi connectivity index (χ0n) is 15.4. The number of rotatable bonds is 3. The van der Waals surface area contributed by atoms with Gasteiger partial charge in [-0.2, -0.15) is 0 Å². The lowest BCUT2D eigenvalue weighted by molar-refractivity contribution is -0.136. The topological polar surface area (TPSA) is 67.9 Å². The van der Waals surface area contributed by atoms with Crippen LogP contribution in [0.1, 0.15) is 6.92 Å². The number of anilines is 1. The van der Waals surface area contributed by atoms with Crippen molar-refractivity contribution in [2.45, 2.75) is 13.0 Å². The number of piperazine rings is 2. The van der Waals surface area contributed by atoms with Crippen LogP contribution in [0, 0.1) is 0 Å². The highest BCUT2D eigenvalue weighted by atomic mass is 35.5. The molecule has 27 heavy (non-hydrogen) atoms. The van der Waals surface area contributed by atoms with E-state index >= 15 is 0 Å². The van der Waals surface area contributed by atoms with E-state index < -0.39 is 0 Å². The molecule has 3 rings (SSSR count). The number of hydrogen-bond acceptors (Lipinski definition) is 4. The Morgan fingerprint density at radius 1 is 1.11 bits per heavy atom. The molecule has 2 fully saturated rings. The number of carbonyl (C=O) groups excluding carboxylic acids is 2. The van der Waals surface area contributed by atoms with Crippen LogP contribution in [0.4, 0.5) is 10.5 Å². The number of halogens is 2. The summed E-state index contributed by atoms with van der Waals surface area (Å²) in [5, 5.41) is 6.97. The van der Waals surface area contributed by atoms with Gasteiger partial charge in [0, 0.05) is 51.5 Å². The van der Waals surface area contributed by atoms with Crippen molar-refractivity contribution in [3.05, 3.63) is 28.2 Å². The number of hydrogen-bond donors (Lipinski definition) is 2. The van der Waals surface area contributed by atoms with E-state index in [-0.39, 0.29) is 18.0 Å². The molecule has 7 nitrogen and oxygen atoms in total. The molecule has 0 bridgehead atoms. The molecule has 0 saturated carbocycles. The molecule has 2 aliphatic heterocycles. The molecule has 9 heteroatoms. The third-order valence-corrected chi connectivity index (χ3v) is 5.79. The first kappa shape index (κ1) is 20.2. The molecule has 2 saturated heterocycles. The Labute approximate surface area is 169 Å². The zero-order valence-corrected chi connectivity index (χ0v) is 16.9. The number of amides is 3. The van der Waals surface area contributed by atoms with Crippen molar-refractivity contribution < 1.29 is 9.59 Å². The molecule has 0 aliphatic carbocycles. The van der Waals surface area contributed by atoms with Crippen LogP contribution in [-0.4, -0.2) is 85.0 Å². The van der Waals surface area contributed by atoms with Crippen LogP contribution in [0.5, 0.6) is 0 Å². The summed E-state index contributed by atoms with van der Waals surface area (Å²) in [6, 6.07) is 4.62. The van der Waals surface area contributed by atoms with E-state index in [9.17, 15) is 9.59 Å². The Hall–Kier alpha value is -1.54.